The maximum absolute atomic E-state index is 11.0. The molecule has 0 radical (unpaired) electrons. The predicted octanol–water partition coefficient (Wildman–Crippen LogP) is -1.02. The summed E-state index contributed by atoms with van der Waals surface area (Å²) in [6.45, 7) is 1.19. The SMILES string of the molecule is CNCCC(=O)NCCCC(N)=O. The van der Waals surface area contributed by atoms with Gasteiger partial charge in [-0.1, -0.05) is 0 Å². The van der Waals surface area contributed by atoms with E-state index in [9.17, 15) is 9.59 Å². The van der Waals surface area contributed by atoms with Crippen LogP contribution in [0.1, 0.15) is 19.3 Å². The van der Waals surface area contributed by atoms with Crippen molar-refractivity contribution in [1.82, 2.24) is 10.6 Å². The summed E-state index contributed by atoms with van der Waals surface area (Å²) in [6.07, 6.45) is 1.40. The van der Waals surface area contributed by atoms with Crippen molar-refractivity contribution in [2.24, 2.45) is 5.73 Å². The van der Waals surface area contributed by atoms with Gasteiger partial charge in [-0.2, -0.15) is 0 Å². The van der Waals surface area contributed by atoms with Crippen molar-refractivity contribution in [3.05, 3.63) is 0 Å². The second-order valence-corrected chi connectivity index (χ2v) is 2.77. The molecule has 0 heterocycles. The number of carbonyl (C=O) groups excluding carboxylic acids is 2. The Balaban J connectivity index is 3.22. The minimum atomic E-state index is -0.329. The van der Waals surface area contributed by atoms with Crippen LogP contribution in [0.15, 0.2) is 0 Å². The summed E-state index contributed by atoms with van der Waals surface area (Å²) in [5.41, 5.74) is 4.93. The minimum absolute atomic E-state index is 0.00109. The third kappa shape index (κ3) is 8.81. The van der Waals surface area contributed by atoms with E-state index in [1.807, 2.05) is 0 Å². The van der Waals surface area contributed by atoms with Crippen LogP contribution in [-0.2, 0) is 9.59 Å². The van der Waals surface area contributed by atoms with Gasteiger partial charge < -0.3 is 16.4 Å². The molecule has 0 spiro atoms. The molecule has 4 N–H and O–H groups in total. The zero-order chi connectivity index (χ0) is 10.1. The Hall–Kier alpha value is -1.10. The lowest BCUT2D eigenvalue weighted by atomic mass is 10.3. The minimum Gasteiger partial charge on any atom is -0.370 e. The lowest BCUT2D eigenvalue weighted by molar-refractivity contribution is -0.121. The van der Waals surface area contributed by atoms with Gasteiger partial charge in [0.25, 0.3) is 0 Å². The van der Waals surface area contributed by atoms with Crippen LogP contribution >= 0.6 is 0 Å². The molecule has 0 fully saturated rings. The molecule has 2 amide bonds. The van der Waals surface area contributed by atoms with Gasteiger partial charge in [0.15, 0.2) is 0 Å². The number of hydrogen-bond donors (Lipinski definition) is 3. The van der Waals surface area contributed by atoms with E-state index in [1.165, 1.54) is 0 Å². The lowest BCUT2D eigenvalue weighted by Crippen LogP contribution is -2.28. The molecular formula is C8H17N3O2. The molecular weight excluding hydrogens is 170 g/mol. The highest BCUT2D eigenvalue weighted by molar-refractivity contribution is 5.76. The molecule has 76 valence electrons. The Kier molecular flexibility index (Phi) is 6.91. The van der Waals surface area contributed by atoms with Crippen molar-refractivity contribution in [3.8, 4) is 0 Å². The molecule has 5 heteroatoms. The Bertz CT molecular complexity index is 171. The molecule has 13 heavy (non-hydrogen) atoms. The predicted molar refractivity (Wildman–Crippen MR) is 50.0 cm³/mol. The molecule has 0 aliphatic heterocycles. The van der Waals surface area contributed by atoms with E-state index in [1.54, 1.807) is 7.05 Å². The number of rotatable bonds is 7. The summed E-state index contributed by atoms with van der Waals surface area (Å²) in [5.74, 6) is -0.330. The van der Waals surface area contributed by atoms with E-state index >= 15 is 0 Å². The zero-order valence-electron chi connectivity index (χ0n) is 7.93. The molecule has 0 aromatic rings. The second-order valence-electron chi connectivity index (χ2n) is 2.77. The van der Waals surface area contributed by atoms with Gasteiger partial charge in [0, 0.05) is 25.9 Å². The molecule has 0 rings (SSSR count). The van der Waals surface area contributed by atoms with Crippen LogP contribution in [0.4, 0.5) is 0 Å². The topological polar surface area (TPSA) is 84.2 Å². The maximum atomic E-state index is 11.0. The van der Waals surface area contributed by atoms with Crippen molar-refractivity contribution < 1.29 is 9.59 Å². The summed E-state index contributed by atoms with van der Waals surface area (Å²) in [6, 6.07) is 0. The van der Waals surface area contributed by atoms with E-state index in [-0.39, 0.29) is 11.8 Å². The van der Waals surface area contributed by atoms with Crippen LogP contribution in [0.3, 0.4) is 0 Å². The third-order valence-electron chi connectivity index (χ3n) is 1.52. The van der Waals surface area contributed by atoms with Crippen molar-refractivity contribution in [1.29, 1.82) is 0 Å². The van der Waals surface area contributed by atoms with Gasteiger partial charge in [-0.15, -0.1) is 0 Å². The molecule has 0 bridgehead atoms. The van der Waals surface area contributed by atoms with Crippen LogP contribution in [-0.4, -0.2) is 32.0 Å². The van der Waals surface area contributed by atoms with Gasteiger partial charge in [0.1, 0.15) is 0 Å². The largest absolute Gasteiger partial charge is 0.370 e. The number of carbonyl (C=O) groups is 2. The van der Waals surface area contributed by atoms with E-state index < -0.39 is 0 Å². The molecule has 0 saturated carbocycles. The molecule has 5 nitrogen and oxygen atoms in total. The molecule has 0 aliphatic rings. The van der Waals surface area contributed by atoms with E-state index in [2.05, 4.69) is 10.6 Å². The van der Waals surface area contributed by atoms with Gasteiger partial charge in [0.2, 0.25) is 11.8 Å². The second kappa shape index (κ2) is 7.54. The summed E-state index contributed by atoms with van der Waals surface area (Å²) in [7, 11) is 1.79. The van der Waals surface area contributed by atoms with Crippen molar-refractivity contribution >= 4 is 11.8 Å². The first-order valence-electron chi connectivity index (χ1n) is 4.36. The van der Waals surface area contributed by atoms with Crippen LogP contribution < -0.4 is 16.4 Å². The normalized spacial score (nSPS) is 9.62. The summed E-state index contributed by atoms with van der Waals surface area (Å²) in [4.78, 5) is 21.3. The Labute approximate surface area is 78.1 Å². The number of hydrogen-bond acceptors (Lipinski definition) is 3. The smallest absolute Gasteiger partial charge is 0.221 e. The Morgan fingerprint density at radius 2 is 1.92 bits per heavy atom. The molecule has 0 aromatic heterocycles. The summed E-state index contributed by atoms with van der Waals surface area (Å²) in [5, 5.41) is 5.56. The van der Waals surface area contributed by atoms with Crippen LogP contribution in [0.2, 0.25) is 0 Å². The molecule has 0 saturated heterocycles. The van der Waals surface area contributed by atoms with Crippen LogP contribution in [0.5, 0.6) is 0 Å². The zero-order valence-corrected chi connectivity index (χ0v) is 7.93. The average molecular weight is 187 g/mol. The highest BCUT2D eigenvalue weighted by Crippen LogP contribution is 1.85. The number of nitrogens with one attached hydrogen (secondary N) is 2. The van der Waals surface area contributed by atoms with Gasteiger partial charge in [-0.25, -0.2) is 0 Å². The standard InChI is InChI=1S/C8H17N3O2/c1-10-6-4-8(13)11-5-2-3-7(9)12/h10H,2-6H2,1H3,(H2,9,12)(H,11,13). The van der Waals surface area contributed by atoms with Gasteiger partial charge >= 0.3 is 0 Å². The fourth-order valence-electron chi connectivity index (χ4n) is 0.817. The molecule has 0 atom stereocenters. The van der Waals surface area contributed by atoms with Crippen LogP contribution in [0.25, 0.3) is 0 Å². The molecule has 0 aliphatic carbocycles. The Morgan fingerprint density at radius 3 is 2.46 bits per heavy atom. The number of primary amides is 1. The first-order valence-corrected chi connectivity index (χ1v) is 4.36. The van der Waals surface area contributed by atoms with Crippen LogP contribution in [0, 0.1) is 0 Å². The van der Waals surface area contributed by atoms with Gasteiger partial charge in [-0.3, -0.25) is 9.59 Å². The molecule has 0 aromatic carbocycles. The van der Waals surface area contributed by atoms with E-state index in [0.717, 1.165) is 0 Å². The fourth-order valence-corrected chi connectivity index (χ4v) is 0.817. The van der Waals surface area contributed by atoms with E-state index in [0.29, 0.717) is 32.4 Å². The van der Waals surface area contributed by atoms with E-state index in [4.69, 9.17) is 5.73 Å². The average Bonchev–Trinajstić information content (AvgIpc) is 2.08. The van der Waals surface area contributed by atoms with Crippen molar-refractivity contribution in [2.75, 3.05) is 20.1 Å². The number of nitrogens with two attached hydrogens (primary N) is 1. The first kappa shape index (κ1) is 11.9. The lowest BCUT2D eigenvalue weighted by Gasteiger charge is -2.03. The number of amides is 2. The summed E-state index contributed by atoms with van der Waals surface area (Å²) < 4.78 is 0. The highest BCUT2D eigenvalue weighted by Gasteiger charge is 1.99. The first-order chi connectivity index (χ1) is 6.16. The van der Waals surface area contributed by atoms with Gasteiger partial charge in [0.05, 0.1) is 0 Å². The quantitative estimate of drug-likeness (QED) is 0.446. The molecule has 0 unspecified atom stereocenters. The van der Waals surface area contributed by atoms with Crippen molar-refractivity contribution in [3.63, 3.8) is 0 Å². The maximum Gasteiger partial charge on any atom is 0.221 e. The highest BCUT2D eigenvalue weighted by atomic mass is 16.2. The summed E-state index contributed by atoms with van der Waals surface area (Å²) >= 11 is 0. The third-order valence-corrected chi connectivity index (χ3v) is 1.52. The monoisotopic (exact) mass is 187 g/mol. The Morgan fingerprint density at radius 1 is 1.23 bits per heavy atom. The van der Waals surface area contributed by atoms with Crippen molar-refractivity contribution in [2.45, 2.75) is 19.3 Å². The fraction of sp³-hybridized carbons (Fsp3) is 0.750. The van der Waals surface area contributed by atoms with Gasteiger partial charge in [-0.05, 0) is 13.5 Å².